The van der Waals surface area contributed by atoms with Crippen LogP contribution in [0.4, 0.5) is 0 Å². The van der Waals surface area contributed by atoms with Crippen LogP contribution in [0.2, 0.25) is 5.02 Å². The minimum absolute atomic E-state index is 0.0289. The molecule has 7 rings (SSSR count). The predicted molar refractivity (Wildman–Crippen MR) is 212 cm³/mol. The summed E-state index contributed by atoms with van der Waals surface area (Å²) in [6.45, 7) is 7.16. The quantitative estimate of drug-likeness (QED) is 0.263. The number of halogens is 1. The Morgan fingerprint density at radius 2 is 1.89 bits per heavy atom. The van der Waals surface area contributed by atoms with E-state index in [1.807, 2.05) is 32.9 Å². The molecule has 3 N–H and O–H groups in total. The number of benzene rings is 1. The molecule has 17 heteroatoms. The normalized spacial score (nSPS) is 26.7. The molecule has 57 heavy (non-hydrogen) atoms. The third-order valence-corrected chi connectivity index (χ3v) is 14.1. The highest BCUT2D eigenvalue weighted by Gasteiger charge is 2.63. The highest BCUT2D eigenvalue weighted by molar-refractivity contribution is 7.91. The minimum atomic E-state index is -4.00. The molecule has 1 unspecified atom stereocenters. The highest BCUT2D eigenvalue weighted by atomic mass is 35.5. The van der Waals surface area contributed by atoms with Crippen LogP contribution in [0.25, 0.3) is 10.9 Å². The summed E-state index contributed by atoms with van der Waals surface area (Å²) >= 11 is 6.48. The summed E-state index contributed by atoms with van der Waals surface area (Å²) < 4.78 is 41.7. The van der Waals surface area contributed by atoms with E-state index in [2.05, 4.69) is 25.4 Å². The molecule has 1 saturated heterocycles. The fourth-order valence-electron chi connectivity index (χ4n) is 7.64. The van der Waals surface area contributed by atoms with Crippen LogP contribution < -0.4 is 24.8 Å². The first-order valence-electron chi connectivity index (χ1n) is 19.6. The maximum Gasteiger partial charge on any atom is 0.272 e. The van der Waals surface area contributed by atoms with Gasteiger partial charge in [0.05, 0.1) is 22.9 Å². The lowest BCUT2D eigenvalue weighted by molar-refractivity contribution is -0.141. The van der Waals surface area contributed by atoms with Gasteiger partial charge >= 0.3 is 0 Å². The van der Waals surface area contributed by atoms with Crippen LogP contribution in [-0.4, -0.2) is 92.8 Å². The summed E-state index contributed by atoms with van der Waals surface area (Å²) in [7, 11) is -2.32. The largest absolute Gasteiger partial charge is 0.488 e. The van der Waals surface area contributed by atoms with Crippen LogP contribution in [0, 0.1) is 12.8 Å². The summed E-state index contributed by atoms with van der Waals surface area (Å²) in [5.41, 5.74) is -0.0912. The van der Waals surface area contributed by atoms with Gasteiger partial charge in [-0.1, -0.05) is 36.6 Å². The molecular weight excluding hydrogens is 774 g/mol. The molecule has 3 fully saturated rings. The van der Waals surface area contributed by atoms with Gasteiger partial charge in [-0.2, -0.15) is 5.10 Å². The molecule has 0 spiro atoms. The van der Waals surface area contributed by atoms with Gasteiger partial charge in [0, 0.05) is 42.1 Å². The van der Waals surface area contributed by atoms with Crippen LogP contribution in [0.15, 0.2) is 42.6 Å². The molecule has 0 radical (unpaired) electrons. The third-order valence-electron chi connectivity index (χ3n) is 11.5. The average molecular weight is 824 g/mol. The van der Waals surface area contributed by atoms with Crippen molar-refractivity contribution < 1.29 is 37.1 Å². The Morgan fingerprint density at radius 1 is 1.12 bits per heavy atom. The van der Waals surface area contributed by atoms with Gasteiger partial charge in [-0.25, -0.2) is 13.4 Å². The number of hydrogen-bond acceptors (Lipinski definition) is 10. The Bertz CT molecular complexity index is 2240. The van der Waals surface area contributed by atoms with Crippen molar-refractivity contribution in [2.45, 2.75) is 120 Å². The Balaban J connectivity index is 1.23. The van der Waals surface area contributed by atoms with Gasteiger partial charge in [0.15, 0.2) is 0 Å². The van der Waals surface area contributed by atoms with Crippen molar-refractivity contribution in [2.24, 2.45) is 13.0 Å². The standard InChI is InChI=1S/C40H50ClN7O8S/c1-23(2)55-33-20-32(27-13-14-28(41)24(3)34(27)43-33)56-26-19-31-36(50)44-40(38(52)46-57(53,54)39(4)16-17-39)21-25(40)11-9-7-6-8-10-12-30(37(51)48(31)22-26)42-35(49)29-15-18-47(5)45-29/h9,11,13-15,18,20,23,25-26,30-31H,6-8,10,12,16-17,19,21-22H2,1-5H3,(H,42,49)(H,44,50)(H,46,52)/b11-9-/t25?,26-,30+,31+,40-/m1/s1. The maximum atomic E-state index is 14.7. The van der Waals surface area contributed by atoms with E-state index in [0.29, 0.717) is 59.7 Å². The van der Waals surface area contributed by atoms with Gasteiger partial charge in [0.1, 0.15) is 35.2 Å². The molecule has 3 aromatic rings. The highest BCUT2D eigenvalue weighted by Crippen LogP contribution is 2.47. The number of aryl methyl sites for hydroxylation is 2. The number of hydrogen-bond donors (Lipinski definition) is 3. The number of carbonyl (C=O) groups excluding carboxylic acids is 4. The zero-order chi connectivity index (χ0) is 40.9. The summed E-state index contributed by atoms with van der Waals surface area (Å²) in [4.78, 5) is 62.7. The zero-order valence-corrected chi connectivity index (χ0v) is 34.4. The first kappa shape index (κ1) is 40.5. The van der Waals surface area contributed by atoms with Crippen LogP contribution in [0.5, 0.6) is 11.6 Å². The molecular formula is C40H50ClN7O8S. The summed E-state index contributed by atoms with van der Waals surface area (Å²) in [6.07, 6.45) is 8.78. The number of carbonyl (C=O) groups is 4. The number of amides is 4. The van der Waals surface area contributed by atoms with Crippen molar-refractivity contribution in [2.75, 3.05) is 6.54 Å². The molecule has 2 aliphatic heterocycles. The van der Waals surface area contributed by atoms with Crippen LogP contribution in [0.1, 0.15) is 94.6 Å². The monoisotopic (exact) mass is 823 g/mol. The van der Waals surface area contributed by atoms with E-state index in [-0.39, 0.29) is 31.2 Å². The van der Waals surface area contributed by atoms with E-state index >= 15 is 0 Å². The second kappa shape index (κ2) is 15.6. The first-order valence-corrected chi connectivity index (χ1v) is 21.5. The van der Waals surface area contributed by atoms with Crippen molar-refractivity contribution >= 4 is 56.2 Å². The van der Waals surface area contributed by atoms with Crippen molar-refractivity contribution in [3.8, 4) is 11.6 Å². The minimum Gasteiger partial charge on any atom is -0.488 e. The van der Waals surface area contributed by atoms with E-state index in [1.54, 1.807) is 44.4 Å². The second-order valence-corrected chi connectivity index (χ2v) is 18.9. The number of allylic oxidation sites excluding steroid dienone is 1. The van der Waals surface area contributed by atoms with Crippen molar-refractivity contribution in [1.82, 2.24) is 35.0 Å². The Kier molecular flexibility index (Phi) is 11.1. The maximum absolute atomic E-state index is 14.7. The van der Waals surface area contributed by atoms with Gasteiger partial charge in [-0.3, -0.25) is 28.6 Å². The molecule has 4 heterocycles. The number of ether oxygens (including phenoxy) is 2. The van der Waals surface area contributed by atoms with Crippen LogP contribution >= 0.6 is 11.6 Å². The van der Waals surface area contributed by atoms with E-state index in [0.717, 1.165) is 18.4 Å². The number of aromatic nitrogens is 3. The van der Waals surface area contributed by atoms with E-state index in [4.69, 9.17) is 21.1 Å². The molecule has 0 bridgehead atoms. The smallest absolute Gasteiger partial charge is 0.272 e. The SMILES string of the molecule is Cc1c(Cl)ccc2c(O[C@@H]3C[C@H]4C(=O)N[C@]5(C(=O)NS(=O)(=O)C6(C)CC6)CC5/C=C\CCCCC[C@H](NC(=O)c5ccn(C)n5)C(=O)N4C3)cc(OC(C)C)nc12. The lowest BCUT2D eigenvalue weighted by Crippen LogP contribution is -2.58. The van der Waals surface area contributed by atoms with Gasteiger partial charge in [0.2, 0.25) is 27.7 Å². The number of fused-ring (bicyclic) bond motifs is 3. The number of pyridine rings is 1. The first-order chi connectivity index (χ1) is 27.0. The summed E-state index contributed by atoms with van der Waals surface area (Å²) in [6, 6.07) is 4.63. The number of nitrogens with zero attached hydrogens (tertiary/aromatic N) is 4. The molecule has 306 valence electrons. The van der Waals surface area contributed by atoms with E-state index in [9.17, 15) is 27.6 Å². The Hall–Kier alpha value is -4.70. The van der Waals surface area contributed by atoms with E-state index < -0.39 is 68.0 Å². The molecule has 2 saturated carbocycles. The van der Waals surface area contributed by atoms with Crippen LogP contribution in [-0.2, 0) is 31.5 Å². The van der Waals surface area contributed by atoms with Gasteiger partial charge in [0.25, 0.3) is 11.8 Å². The summed E-state index contributed by atoms with van der Waals surface area (Å²) in [5, 5.41) is 11.1. The molecule has 4 aliphatic rings. The Labute approximate surface area is 337 Å². The molecule has 15 nitrogen and oxygen atoms in total. The third kappa shape index (κ3) is 8.34. The molecule has 4 amide bonds. The average Bonchev–Trinajstić information content (AvgIpc) is 3.95. The van der Waals surface area contributed by atoms with Gasteiger partial charge in [-0.05, 0) is 90.0 Å². The fraction of sp³-hybridized carbons (Fsp3) is 0.550. The lowest BCUT2D eigenvalue weighted by atomic mass is 10.0. The van der Waals surface area contributed by atoms with Crippen LogP contribution in [0.3, 0.4) is 0 Å². The number of rotatable bonds is 9. The molecule has 5 atom stereocenters. The van der Waals surface area contributed by atoms with Crippen molar-refractivity contribution in [3.63, 3.8) is 0 Å². The fourth-order valence-corrected chi connectivity index (χ4v) is 9.11. The Morgan fingerprint density at radius 3 is 2.60 bits per heavy atom. The van der Waals surface area contributed by atoms with Crippen molar-refractivity contribution in [1.29, 1.82) is 0 Å². The van der Waals surface area contributed by atoms with Gasteiger partial charge in [-0.15, -0.1) is 0 Å². The second-order valence-electron chi connectivity index (χ2n) is 16.3. The lowest BCUT2D eigenvalue weighted by Gasteiger charge is -2.30. The zero-order valence-electron chi connectivity index (χ0n) is 32.8. The molecule has 2 aromatic heterocycles. The molecule has 1 aromatic carbocycles. The topological polar surface area (TPSA) is 191 Å². The molecule has 2 aliphatic carbocycles. The predicted octanol–water partition coefficient (Wildman–Crippen LogP) is 4.26. The summed E-state index contributed by atoms with van der Waals surface area (Å²) in [5.74, 6) is -2.17. The number of nitrogens with one attached hydrogen (secondary N) is 3. The number of sulfonamides is 1. The van der Waals surface area contributed by atoms with Crippen molar-refractivity contribution in [3.05, 3.63) is 58.9 Å². The van der Waals surface area contributed by atoms with Gasteiger partial charge < -0.3 is 25.0 Å². The van der Waals surface area contributed by atoms with E-state index in [1.165, 1.54) is 9.58 Å².